The number of benzene rings is 14. The molecular weight excluding hydrogens is 1220 g/mol. The first-order valence-electron chi connectivity index (χ1n) is 34.2. The summed E-state index contributed by atoms with van der Waals surface area (Å²) in [6.45, 7) is 0. The Bertz CT molecular complexity index is 5930. The van der Waals surface area contributed by atoms with Crippen LogP contribution in [-0.4, -0.2) is 39.0 Å². The Hall–Kier alpha value is -13.3. The van der Waals surface area contributed by atoms with Crippen molar-refractivity contribution < 1.29 is 0 Å². The third-order valence-corrected chi connectivity index (χ3v) is 21.9. The van der Waals surface area contributed by atoms with Crippen LogP contribution in [0.15, 0.2) is 328 Å². The van der Waals surface area contributed by atoms with Gasteiger partial charge in [0.05, 0.1) is 32.9 Å². The molecule has 4 aliphatic rings. The maximum absolute atomic E-state index is 5.54. The molecule has 0 saturated carbocycles. The van der Waals surface area contributed by atoms with Crippen molar-refractivity contribution in [3.05, 3.63) is 372 Å². The van der Waals surface area contributed by atoms with Crippen LogP contribution < -0.4 is 0 Å². The molecule has 462 valence electrons. The molecular formula is C92H54N8. The largest absolute Gasteiger partial charge is 0.277 e. The minimum atomic E-state index is -0.583. The highest BCUT2D eigenvalue weighted by atomic mass is 15.2. The summed E-state index contributed by atoms with van der Waals surface area (Å²) in [6.07, 6.45) is 0. The highest BCUT2D eigenvalue weighted by Gasteiger charge is 2.54. The highest BCUT2D eigenvalue weighted by Crippen LogP contribution is 2.66. The zero-order valence-electron chi connectivity index (χ0n) is 53.8. The van der Waals surface area contributed by atoms with Gasteiger partial charge >= 0.3 is 0 Å². The van der Waals surface area contributed by atoms with Crippen molar-refractivity contribution in [2.24, 2.45) is 0 Å². The highest BCUT2D eigenvalue weighted by molar-refractivity contribution is 6.19. The lowest BCUT2D eigenvalue weighted by atomic mass is 9.70. The summed E-state index contributed by atoms with van der Waals surface area (Å²) in [4.78, 5) is 32.6. The fraction of sp³-hybridized carbons (Fsp3) is 0.0217. The van der Waals surface area contributed by atoms with E-state index in [9.17, 15) is 0 Å². The normalized spacial score (nSPS) is 13.6. The van der Waals surface area contributed by atoms with Crippen LogP contribution in [0, 0.1) is 0 Å². The van der Waals surface area contributed by atoms with E-state index in [1.165, 1.54) is 89.0 Å². The van der Waals surface area contributed by atoms with Gasteiger partial charge in [-0.15, -0.1) is 0 Å². The zero-order chi connectivity index (χ0) is 65.4. The van der Waals surface area contributed by atoms with Crippen molar-refractivity contribution in [2.75, 3.05) is 0 Å². The van der Waals surface area contributed by atoms with Crippen molar-refractivity contribution in [2.45, 2.75) is 10.8 Å². The smallest absolute Gasteiger partial charge is 0.238 e. The maximum atomic E-state index is 5.54. The number of rotatable bonds is 7. The van der Waals surface area contributed by atoms with E-state index in [0.29, 0.717) is 35.2 Å². The lowest BCUT2D eigenvalue weighted by Gasteiger charge is -2.30. The fourth-order valence-electron chi connectivity index (χ4n) is 17.9. The molecule has 8 heteroatoms. The molecule has 0 fully saturated rings. The molecule has 0 N–H and O–H groups in total. The van der Waals surface area contributed by atoms with Gasteiger partial charge in [-0.2, -0.15) is 19.9 Å². The first-order valence-corrected chi connectivity index (χ1v) is 34.2. The molecule has 4 heterocycles. The monoisotopic (exact) mass is 1270 g/mol. The average Bonchev–Trinajstić information content (AvgIpc) is 1.50. The molecule has 0 atom stereocenters. The van der Waals surface area contributed by atoms with Crippen LogP contribution in [0.25, 0.3) is 157 Å². The molecule has 4 aliphatic carbocycles. The molecule has 8 nitrogen and oxygen atoms in total. The van der Waals surface area contributed by atoms with Crippen LogP contribution in [0.2, 0.25) is 0 Å². The van der Waals surface area contributed by atoms with Crippen molar-refractivity contribution in [3.8, 4) is 113 Å². The van der Waals surface area contributed by atoms with Crippen LogP contribution in [0.4, 0.5) is 0 Å². The van der Waals surface area contributed by atoms with Gasteiger partial charge in [0, 0.05) is 54.9 Å². The second-order valence-corrected chi connectivity index (χ2v) is 26.7. The van der Waals surface area contributed by atoms with E-state index >= 15 is 0 Å². The number of aromatic nitrogens is 8. The Kier molecular flexibility index (Phi) is 11.3. The molecule has 0 saturated heterocycles. The Morgan fingerprint density at radius 2 is 0.470 bits per heavy atom. The lowest BCUT2D eigenvalue weighted by Crippen LogP contribution is -2.25. The average molecular weight is 1270 g/mol. The van der Waals surface area contributed by atoms with Gasteiger partial charge in [0.25, 0.3) is 0 Å². The van der Waals surface area contributed by atoms with Crippen LogP contribution in [0.5, 0.6) is 0 Å². The summed E-state index contributed by atoms with van der Waals surface area (Å²) >= 11 is 0. The van der Waals surface area contributed by atoms with Gasteiger partial charge in [-0.05, 0) is 113 Å². The van der Waals surface area contributed by atoms with E-state index in [1.807, 2.05) is 72.8 Å². The number of fused-ring (bicyclic) bond motifs is 28. The van der Waals surface area contributed by atoms with E-state index in [-0.39, 0.29) is 0 Å². The number of hydrogen-bond acceptors (Lipinski definition) is 6. The Morgan fingerprint density at radius 1 is 0.200 bits per heavy atom. The van der Waals surface area contributed by atoms with E-state index < -0.39 is 10.8 Å². The summed E-state index contributed by atoms with van der Waals surface area (Å²) in [5.74, 6) is 3.46. The Labute approximate surface area is 575 Å². The van der Waals surface area contributed by atoms with Gasteiger partial charge in [-0.3, -0.25) is 9.13 Å². The van der Waals surface area contributed by atoms with Crippen molar-refractivity contribution in [3.63, 3.8) is 0 Å². The number of hydrogen-bond donors (Lipinski definition) is 0. The zero-order valence-corrected chi connectivity index (χ0v) is 53.8. The number of nitrogens with zero attached hydrogens (tertiary/aromatic N) is 8. The van der Waals surface area contributed by atoms with E-state index in [0.717, 1.165) is 77.0 Å². The van der Waals surface area contributed by atoms with Crippen molar-refractivity contribution >= 4 is 43.6 Å². The quantitative estimate of drug-likeness (QED) is 0.158. The summed E-state index contributed by atoms with van der Waals surface area (Å²) in [5.41, 5.74) is 28.5. The first-order chi connectivity index (χ1) is 49.6. The van der Waals surface area contributed by atoms with Crippen molar-refractivity contribution in [1.29, 1.82) is 0 Å². The van der Waals surface area contributed by atoms with E-state index in [4.69, 9.17) is 29.9 Å². The summed E-state index contributed by atoms with van der Waals surface area (Å²) in [5, 5.41) is 4.35. The van der Waals surface area contributed by atoms with Crippen LogP contribution in [-0.2, 0) is 10.8 Å². The topological polar surface area (TPSA) is 87.2 Å². The lowest BCUT2D eigenvalue weighted by molar-refractivity contribution is 0.794. The summed E-state index contributed by atoms with van der Waals surface area (Å²) in [6, 6.07) is 119. The van der Waals surface area contributed by atoms with Gasteiger partial charge in [0.2, 0.25) is 11.9 Å². The molecule has 0 aliphatic heterocycles. The van der Waals surface area contributed by atoms with Gasteiger partial charge in [0.1, 0.15) is 0 Å². The Morgan fingerprint density at radius 3 is 0.780 bits per heavy atom. The molecule has 0 radical (unpaired) electrons. The van der Waals surface area contributed by atoms with Gasteiger partial charge < -0.3 is 0 Å². The standard InChI is InChI=1S/C92H54N8/c1-5-25-55(26-6-1)85-93-86(56-27-7-2-8-28-56)96-89(95-85)99-79-51-45-59(53-69(79)65-47-49-77-81(83(65)99)67-37-17-23-43-75(67)91(77)71-39-19-13-33-61(71)62-34-14-20-40-72(62)91)60-46-52-80-70(54-60)66-48-50-78-82(68-38-18-24-44-76(68)92(78)73-41-21-15-35-63(73)64-36-16-22-42-74(64)92)84(66)100(80)90-97-87(57-29-9-3-10-30-57)94-88(98-90)58-31-11-4-12-32-58/h1-54H. The van der Waals surface area contributed by atoms with Crippen molar-refractivity contribution in [1.82, 2.24) is 39.0 Å². The van der Waals surface area contributed by atoms with Crippen LogP contribution in [0.3, 0.4) is 0 Å². The van der Waals surface area contributed by atoms with E-state index in [2.05, 4.69) is 264 Å². The second-order valence-electron chi connectivity index (χ2n) is 26.7. The third-order valence-electron chi connectivity index (χ3n) is 21.9. The van der Waals surface area contributed by atoms with Crippen LogP contribution in [0.1, 0.15) is 44.5 Å². The molecule has 4 aromatic heterocycles. The minimum Gasteiger partial charge on any atom is -0.277 e. The second kappa shape index (κ2) is 20.6. The van der Waals surface area contributed by atoms with Gasteiger partial charge in [-0.25, -0.2) is 9.97 Å². The van der Waals surface area contributed by atoms with Crippen LogP contribution >= 0.6 is 0 Å². The summed E-state index contributed by atoms with van der Waals surface area (Å²) < 4.78 is 4.67. The molecule has 0 bridgehead atoms. The van der Waals surface area contributed by atoms with Gasteiger partial charge in [-0.1, -0.05) is 303 Å². The molecule has 18 aromatic rings. The molecule has 2 spiro atoms. The predicted molar refractivity (Wildman–Crippen MR) is 402 cm³/mol. The minimum absolute atomic E-state index is 0.540. The maximum Gasteiger partial charge on any atom is 0.238 e. The molecule has 100 heavy (non-hydrogen) atoms. The fourth-order valence-corrected chi connectivity index (χ4v) is 17.9. The molecule has 0 unspecified atom stereocenters. The SMILES string of the molecule is c1ccc(-c2nc(-c3ccccc3)nc(-n3c4ccc(-c5ccc6c(c5)c5ccc7c(c5n6-c5nc(-c6ccccc6)nc(-c6ccccc6)n5)-c5ccccc5C75c6ccccc6-c6ccccc65)cc4c4ccc5c(c43)-c3ccccc3C53c4ccccc4-c4ccccc43)n2)cc1. The third kappa shape index (κ3) is 7.32. The molecule has 22 rings (SSSR count). The molecule has 14 aromatic carbocycles. The van der Waals surface area contributed by atoms with Gasteiger partial charge in [0.15, 0.2) is 23.3 Å². The summed E-state index contributed by atoms with van der Waals surface area (Å²) in [7, 11) is 0. The Balaban J connectivity index is 0.824. The first kappa shape index (κ1) is 54.9. The predicted octanol–water partition coefficient (Wildman–Crippen LogP) is 21.3. The van der Waals surface area contributed by atoms with E-state index in [1.54, 1.807) is 0 Å². The molecule has 0 amide bonds.